The molecule has 0 saturated heterocycles. The topological polar surface area (TPSA) is 94.0 Å². The van der Waals surface area contributed by atoms with E-state index in [0.29, 0.717) is 17.9 Å². The summed E-state index contributed by atoms with van der Waals surface area (Å²) in [6, 6.07) is 1.82. The van der Waals surface area contributed by atoms with Gasteiger partial charge in [0.25, 0.3) is 5.91 Å². The van der Waals surface area contributed by atoms with Crippen LogP contribution in [0.15, 0.2) is 6.07 Å². The van der Waals surface area contributed by atoms with E-state index in [2.05, 4.69) is 10.3 Å². The highest BCUT2D eigenvalue weighted by Crippen LogP contribution is 2.17. The Hall–Kier alpha value is -1.62. The van der Waals surface area contributed by atoms with Gasteiger partial charge < -0.3 is 16.8 Å². The first-order valence-electron chi connectivity index (χ1n) is 5.19. The first-order chi connectivity index (χ1) is 7.41. The molecule has 0 bridgehead atoms. The maximum absolute atomic E-state index is 11.3. The van der Waals surface area contributed by atoms with E-state index in [9.17, 15) is 4.79 Å². The monoisotopic (exact) mass is 222 g/mol. The maximum Gasteiger partial charge on any atom is 0.252 e. The summed E-state index contributed by atoms with van der Waals surface area (Å²) in [5, 5.41) is 3.04. The number of anilines is 1. The Morgan fingerprint density at radius 1 is 1.56 bits per heavy atom. The number of carbonyl (C=O) groups excluding carboxylic acids is 1. The van der Waals surface area contributed by atoms with E-state index in [4.69, 9.17) is 11.5 Å². The summed E-state index contributed by atoms with van der Waals surface area (Å²) in [5.41, 5.74) is 13.1. The summed E-state index contributed by atoms with van der Waals surface area (Å²) in [6.07, 6.45) is 0. The molecule has 16 heavy (non-hydrogen) atoms. The van der Waals surface area contributed by atoms with Crippen LogP contribution >= 0.6 is 0 Å². The Morgan fingerprint density at radius 3 is 2.69 bits per heavy atom. The van der Waals surface area contributed by atoms with Gasteiger partial charge in [-0.05, 0) is 32.4 Å². The SMILES string of the molecule is Cc1cc(C)c(C(N)=O)c(NCC(C)N)n1. The largest absolute Gasteiger partial charge is 0.368 e. The van der Waals surface area contributed by atoms with Gasteiger partial charge in [-0.15, -0.1) is 0 Å². The van der Waals surface area contributed by atoms with Crippen molar-refractivity contribution in [3.8, 4) is 0 Å². The molecule has 0 aromatic carbocycles. The van der Waals surface area contributed by atoms with E-state index in [1.165, 1.54) is 0 Å². The number of amides is 1. The van der Waals surface area contributed by atoms with Crippen molar-refractivity contribution in [3.63, 3.8) is 0 Å². The van der Waals surface area contributed by atoms with Crippen LogP contribution in [0, 0.1) is 13.8 Å². The van der Waals surface area contributed by atoms with Crippen molar-refractivity contribution in [2.24, 2.45) is 11.5 Å². The van der Waals surface area contributed by atoms with Crippen LogP contribution in [0.3, 0.4) is 0 Å². The van der Waals surface area contributed by atoms with Crippen LogP contribution in [0.4, 0.5) is 5.82 Å². The number of hydrogen-bond acceptors (Lipinski definition) is 4. The molecule has 1 rings (SSSR count). The molecular weight excluding hydrogens is 204 g/mol. The molecule has 1 atom stereocenters. The summed E-state index contributed by atoms with van der Waals surface area (Å²) < 4.78 is 0. The molecule has 5 N–H and O–H groups in total. The van der Waals surface area contributed by atoms with Gasteiger partial charge in [0.1, 0.15) is 5.82 Å². The molecule has 0 radical (unpaired) electrons. The predicted molar refractivity (Wildman–Crippen MR) is 64.4 cm³/mol. The zero-order valence-corrected chi connectivity index (χ0v) is 9.87. The minimum absolute atomic E-state index is 0.0108. The van der Waals surface area contributed by atoms with Crippen molar-refractivity contribution in [1.29, 1.82) is 0 Å². The third kappa shape index (κ3) is 2.93. The second kappa shape index (κ2) is 4.94. The van der Waals surface area contributed by atoms with E-state index in [1.54, 1.807) is 0 Å². The quantitative estimate of drug-likeness (QED) is 0.693. The molecule has 0 spiro atoms. The van der Waals surface area contributed by atoms with Crippen molar-refractivity contribution in [2.75, 3.05) is 11.9 Å². The van der Waals surface area contributed by atoms with Crippen LogP contribution in [0.1, 0.15) is 28.5 Å². The van der Waals surface area contributed by atoms with Crippen LogP contribution < -0.4 is 16.8 Å². The summed E-state index contributed by atoms with van der Waals surface area (Å²) in [6.45, 7) is 6.14. The number of rotatable bonds is 4. The summed E-state index contributed by atoms with van der Waals surface area (Å²) in [5.74, 6) is 0.0412. The number of aromatic nitrogens is 1. The van der Waals surface area contributed by atoms with Crippen LogP contribution in [0.25, 0.3) is 0 Å². The smallest absolute Gasteiger partial charge is 0.252 e. The Balaban J connectivity index is 3.09. The lowest BCUT2D eigenvalue weighted by Crippen LogP contribution is -2.27. The van der Waals surface area contributed by atoms with Crippen molar-refractivity contribution in [1.82, 2.24) is 4.98 Å². The molecule has 1 unspecified atom stereocenters. The lowest BCUT2D eigenvalue weighted by molar-refractivity contribution is 0.1000. The minimum atomic E-state index is -0.475. The van der Waals surface area contributed by atoms with E-state index in [-0.39, 0.29) is 6.04 Å². The highest BCUT2D eigenvalue weighted by atomic mass is 16.1. The fourth-order valence-corrected chi connectivity index (χ4v) is 1.53. The molecule has 88 valence electrons. The summed E-state index contributed by atoms with van der Waals surface area (Å²) >= 11 is 0. The van der Waals surface area contributed by atoms with Crippen molar-refractivity contribution >= 4 is 11.7 Å². The van der Waals surface area contributed by atoms with Gasteiger partial charge >= 0.3 is 0 Å². The van der Waals surface area contributed by atoms with Gasteiger partial charge in [0, 0.05) is 18.3 Å². The van der Waals surface area contributed by atoms with Gasteiger partial charge in [0.15, 0.2) is 0 Å². The number of aryl methyl sites for hydroxylation is 2. The molecule has 0 aliphatic carbocycles. The van der Waals surface area contributed by atoms with Gasteiger partial charge in [-0.3, -0.25) is 4.79 Å². The summed E-state index contributed by atoms with van der Waals surface area (Å²) in [4.78, 5) is 15.6. The van der Waals surface area contributed by atoms with E-state index in [1.807, 2.05) is 26.8 Å². The lowest BCUT2D eigenvalue weighted by atomic mass is 10.1. The molecule has 1 aromatic heterocycles. The number of hydrogen-bond donors (Lipinski definition) is 3. The predicted octanol–water partition coefficient (Wildman–Crippen LogP) is 0.556. The zero-order chi connectivity index (χ0) is 12.3. The number of carbonyl (C=O) groups is 1. The number of nitrogens with one attached hydrogen (secondary N) is 1. The fourth-order valence-electron chi connectivity index (χ4n) is 1.53. The third-order valence-electron chi connectivity index (χ3n) is 2.18. The van der Waals surface area contributed by atoms with E-state index in [0.717, 1.165) is 11.3 Å². The molecule has 0 fully saturated rings. The van der Waals surface area contributed by atoms with Crippen LogP contribution in [-0.2, 0) is 0 Å². The highest BCUT2D eigenvalue weighted by Gasteiger charge is 2.13. The fraction of sp³-hybridized carbons (Fsp3) is 0.455. The molecular formula is C11H18N4O. The van der Waals surface area contributed by atoms with Gasteiger partial charge in [-0.1, -0.05) is 0 Å². The Morgan fingerprint density at radius 2 is 2.19 bits per heavy atom. The molecule has 5 heteroatoms. The molecule has 5 nitrogen and oxygen atoms in total. The van der Waals surface area contributed by atoms with Crippen LogP contribution in [0.2, 0.25) is 0 Å². The molecule has 1 amide bonds. The number of nitrogens with two attached hydrogens (primary N) is 2. The maximum atomic E-state index is 11.3. The Bertz CT molecular complexity index is 401. The van der Waals surface area contributed by atoms with Crippen LogP contribution in [-0.4, -0.2) is 23.5 Å². The molecule has 0 aliphatic rings. The Kier molecular flexibility index (Phi) is 3.84. The third-order valence-corrected chi connectivity index (χ3v) is 2.18. The lowest BCUT2D eigenvalue weighted by Gasteiger charge is -2.13. The van der Waals surface area contributed by atoms with Gasteiger partial charge in [-0.25, -0.2) is 4.98 Å². The molecule has 1 heterocycles. The van der Waals surface area contributed by atoms with Gasteiger partial charge in [-0.2, -0.15) is 0 Å². The zero-order valence-electron chi connectivity index (χ0n) is 9.87. The average Bonchev–Trinajstić information content (AvgIpc) is 2.12. The van der Waals surface area contributed by atoms with E-state index >= 15 is 0 Å². The molecule has 1 aromatic rings. The molecule has 0 saturated carbocycles. The van der Waals surface area contributed by atoms with Crippen molar-refractivity contribution in [3.05, 3.63) is 22.9 Å². The number of pyridine rings is 1. The number of primary amides is 1. The second-order valence-electron chi connectivity index (χ2n) is 4.03. The Labute approximate surface area is 95.2 Å². The second-order valence-corrected chi connectivity index (χ2v) is 4.03. The minimum Gasteiger partial charge on any atom is -0.368 e. The van der Waals surface area contributed by atoms with E-state index < -0.39 is 5.91 Å². The first kappa shape index (κ1) is 12.4. The number of nitrogens with zero attached hydrogens (tertiary/aromatic N) is 1. The van der Waals surface area contributed by atoms with Crippen molar-refractivity contribution in [2.45, 2.75) is 26.8 Å². The summed E-state index contributed by atoms with van der Waals surface area (Å²) in [7, 11) is 0. The molecule has 0 aliphatic heterocycles. The first-order valence-corrected chi connectivity index (χ1v) is 5.19. The van der Waals surface area contributed by atoms with Gasteiger partial charge in [0.05, 0.1) is 5.56 Å². The highest BCUT2D eigenvalue weighted by molar-refractivity contribution is 5.99. The van der Waals surface area contributed by atoms with Crippen molar-refractivity contribution < 1.29 is 4.79 Å². The van der Waals surface area contributed by atoms with Gasteiger partial charge in [0.2, 0.25) is 0 Å². The van der Waals surface area contributed by atoms with Crippen LogP contribution in [0.5, 0.6) is 0 Å². The normalized spacial score (nSPS) is 12.2. The average molecular weight is 222 g/mol. The standard InChI is InChI=1S/C11H18N4O/c1-6-4-8(3)15-11(9(6)10(13)16)14-5-7(2)12/h4,7H,5,12H2,1-3H3,(H2,13,16)(H,14,15).